The lowest BCUT2D eigenvalue weighted by Crippen LogP contribution is -2.22. The van der Waals surface area contributed by atoms with Crippen LogP contribution in [0, 0.1) is 0 Å². The number of sulfonamides is 1. The van der Waals surface area contributed by atoms with Gasteiger partial charge in [-0.3, -0.25) is 4.79 Å². The number of nitrogens with two attached hydrogens (primary N) is 1. The molecular formula is C22H19N3O3S. The summed E-state index contributed by atoms with van der Waals surface area (Å²) in [6, 6.07) is 24.1. The zero-order valence-corrected chi connectivity index (χ0v) is 16.3. The van der Waals surface area contributed by atoms with Crippen LogP contribution in [-0.2, 0) is 16.4 Å². The molecule has 0 aliphatic rings. The van der Waals surface area contributed by atoms with Crippen molar-refractivity contribution >= 4 is 20.8 Å². The minimum atomic E-state index is -3.54. The van der Waals surface area contributed by atoms with E-state index in [2.05, 4.69) is 5.10 Å². The third-order valence-corrected chi connectivity index (χ3v) is 5.45. The molecular weight excluding hydrogens is 386 g/mol. The summed E-state index contributed by atoms with van der Waals surface area (Å²) in [5.41, 5.74) is 2.77. The summed E-state index contributed by atoms with van der Waals surface area (Å²) in [7, 11) is -3.54. The number of para-hydroxylation sites is 1. The number of primary sulfonamides is 1. The molecule has 0 saturated carbocycles. The molecule has 0 amide bonds. The molecule has 1 heterocycles. The van der Waals surface area contributed by atoms with Crippen molar-refractivity contribution in [2.75, 3.05) is 5.75 Å². The molecule has 7 heteroatoms. The maximum atomic E-state index is 13.0. The second kappa shape index (κ2) is 7.62. The zero-order valence-electron chi connectivity index (χ0n) is 15.5. The summed E-state index contributed by atoms with van der Waals surface area (Å²) >= 11 is 0. The standard InChI is InChI=1S/C22H19N3O3S/c23-29(27,28)14-13-16-7-6-8-17(15-16)21-19-11-4-5-12-20(19)22(26)25(24-21)18-9-2-1-3-10-18/h1-12,15H,13-14H2,(H2,23,27,28). The average molecular weight is 405 g/mol. The highest BCUT2D eigenvalue weighted by Crippen LogP contribution is 2.26. The van der Waals surface area contributed by atoms with E-state index in [1.165, 1.54) is 4.68 Å². The van der Waals surface area contributed by atoms with E-state index in [0.29, 0.717) is 23.2 Å². The summed E-state index contributed by atoms with van der Waals surface area (Å²) < 4.78 is 24.0. The predicted molar refractivity (Wildman–Crippen MR) is 114 cm³/mol. The van der Waals surface area contributed by atoms with Gasteiger partial charge >= 0.3 is 0 Å². The van der Waals surface area contributed by atoms with E-state index in [1.807, 2.05) is 72.8 Å². The van der Waals surface area contributed by atoms with Gasteiger partial charge in [0.25, 0.3) is 5.56 Å². The molecule has 29 heavy (non-hydrogen) atoms. The normalized spacial score (nSPS) is 11.6. The van der Waals surface area contributed by atoms with Crippen molar-refractivity contribution in [3.63, 3.8) is 0 Å². The molecule has 0 unspecified atom stereocenters. The molecule has 0 aliphatic carbocycles. The summed E-state index contributed by atoms with van der Waals surface area (Å²) in [6.45, 7) is 0. The van der Waals surface area contributed by atoms with Crippen LogP contribution in [0.1, 0.15) is 5.56 Å². The maximum absolute atomic E-state index is 13.0. The fourth-order valence-electron chi connectivity index (χ4n) is 3.28. The van der Waals surface area contributed by atoms with Crippen LogP contribution in [0.3, 0.4) is 0 Å². The van der Waals surface area contributed by atoms with Crippen molar-refractivity contribution < 1.29 is 8.42 Å². The van der Waals surface area contributed by atoms with E-state index >= 15 is 0 Å². The summed E-state index contributed by atoms with van der Waals surface area (Å²) in [4.78, 5) is 13.0. The third-order valence-electron chi connectivity index (χ3n) is 4.68. The van der Waals surface area contributed by atoms with Crippen molar-refractivity contribution in [3.8, 4) is 16.9 Å². The Morgan fingerprint density at radius 1 is 0.862 bits per heavy atom. The molecule has 0 saturated heterocycles. The Labute approximate surface area is 168 Å². The molecule has 0 fully saturated rings. The van der Waals surface area contributed by atoms with Gasteiger partial charge in [0.15, 0.2) is 0 Å². The van der Waals surface area contributed by atoms with Crippen LogP contribution in [-0.4, -0.2) is 24.0 Å². The first-order valence-electron chi connectivity index (χ1n) is 9.10. The summed E-state index contributed by atoms with van der Waals surface area (Å²) in [6.07, 6.45) is 0.308. The second-order valence-corrected chi connectivity index (χ2v) is 8.50. The molecule has 6 nitrogen and oxygen atoms in total. The lowest BCUT2D eigenvalue weighted by Gasteiger charge is -2.12. The Balaban J connectivity index is 1.90. The van der Waals surface area contributed by atoms with Gasteiger partial charge in [-0.2, -0.15) is 9.78 Å². The van der Waals surface area contributed by atoms with Crippen LogP contribution < -0.4 is 10.7 Å². The number of benzene rings is 3. The Hall–Kier alpha value is -3.29. The van der Waals surface area contributed by atoms with Crippen LogP contribution in [0.2, 0.25) is 0 Å². The molecule has 0 aliphatic heterocycles. The van der Waals surface area contributed by atoms with Gasteiger partial charge in [0.1, 0.15) is 0 Å². The van der Waals surface area contributed by atoms with Crippen molar-refractivity contribution in [2.45, 2.75) is 6.42 Å². The number of hydrogen-bond acceptors (Lipinski definition) is 4. The molecule has 146 valence electrons. The fourth-order valence-corrected chi connectivity index (χ4v) is 3.80. The van der Waals surface area contributed by atoms with E-state index in [-0.39, 0.29) is 11.3 Å². The first-order chi connectivity index (χ1) is 13.9. The molecule has 4 aromatic rings. The van der Waals surface area contributed by atoms with Crippen LogP contribution in [0.5, 0.6) is 0 Å². The molecule has 3 aromatic carbocycles. The molecule has 4 rings (SSSR count). The fraction of sp³-hybridized carbons (Fsp3) is 0.0909. The number of nitrogens with zero attached hydrogens (tertiary/aromatic N) is 2. The smallest absolute Gasteiger partial charge is 0.267 e. The highest BCUT2D eigenvalue weighted by atomic mass is 32.2. The van der Waals surface area contributed by atoms with E-state index in [0.717, 1.165) is 16.5 Å². The Morgan fingerprint density at radius 2 is 1.55 bits per heavy atom. The molecule has 0 bridgehead atoms. The monoisotopic (exact) mass is 405 g/mol. The van der Waals surface area contributed by atoms with Crippen molar-refractivity contribution in [1.82, 2.24) is 9.78 Å². The molecule has 1 aromatic heterocycles. The van der Waals surface area contributed by atoms with Crippen LogP contribution in [0.4, 0.5) is 0 Å². The summed E-state index contributed by atoms with van der Waals surface area (Å²) in [5.74, 6) is -0.131. The van der Waals surface area contributed by atoms with Gasteiger partial charge < -0.3 is 0 Å². The predicted octanol–water partition coefficient (Wildman–Crippen LogP) is 2.88. The molecule has 0 radical (unpaired) electrons. The topological polar surface area (TPSA) is 95.1 Å². The van der Waals surface area contributed by atoms with E-state index in [9.17, 15) is 13.2 Å². The number of hydrogen-bond donors (Lipinski definition) is 1. The molecule has 2 N–H and O–H groups in total. The Kier molecular flexibility index (Phi) is 5.00. The number of aromatic nitrogens is 2. The quantitative estimate of drug-likeness (QED) is 0.552. The van der Waals surface area contributed by atoms with Gasteiger partial charge in [-0.05, 0) is 36.2 Å². The van der Waals surface area contributed by atoms with Gasteiger partial charge in [-0.15, -0.1) is 0 Å². The van der Waals surface area contributed by atoms with E-state index < -0.39 is 10.0 Å². The minimum Gasteiger partial charge on any atom is -0.267 e. The van der Waals surface area contributed by atoms with Crippen LogP contribution >= 0.6 is 0 Å². The Bertz CT molecular complexity index is 1350. The first-order valence-corrected chi connectivity index (χ1v) is 10.8. The van der Waals surface area contributed by atoms with Crippen molar-refractivity contribution in [2.24, 2.45) is 5.14 Å². The second-order valence-electron chi connectivity index (χ2n) is 6.76. The summed E-state index contributed by atoms with van der Waals surface area (Å²) in [5, 5.41) is 11.1. The average Bonchev–Trinajstić information content (AvgIpc) is 2.73. The lowest BCUT2D eigenvalue weighted by atomic mass is 10.0. The van der Waals surface area contributed by atoms with Crippen LogP contribution in [0.15, 0.2) is 83.7 Å². The SMILES string of the molecule is NS(=O)(=O)CCc1cccc(-c2nn(-c3ccccc3)c(=O)c3ccccc23)c1. The Morgan fingerprint density at radius 3 is 2.28 bits per heavy atom. The van der Waals surface area contributed by atoms with Gasteiger partial charge in [0, 0.05) is 10.9 Å². The molecule has 0 spiro atoms. The van der Waals surface area contributed by atoms with Gasteiger partial charge in [-0.1, -0.05) is 54.6 Å². The van der Waals surface area contributed by atoms with E-state index in [1.54, 1.807) is 6.07 Å². The zero-order chi connectivity index (χ0) is 20.4. The number of rotatable bonds is 5. The van der Waals surface area contributed by atoms with Crippen LogP contribution in [0.25, 0.3) is 27.7 Å². The highest BCUT2D eigenvalue weighted by Gasteiger charge is 2.14. The van der Waals surface area contributed by atoms with Gasteiger partial charge in [-0.25, -0.2) is 13.6 Å². The van der Waals surface area contributed by atoms with Gasteiger partial charge in [0.2, 0.25) is 10.0 Å². The van der Waals surface area contributed by atoms with E-state index in [4.69, 9.17) is 5.14 Å². The minimum absolute atomic E-state index is 0.131. The van der Waals surface area contributed by atoms with Crippen molar-refractivity contribution in [3.05, 3.63) is 94.8 Å². The maximum Gasteiger partial charge on any atom is 0.279 e. The first kappa shape index (κ1) is 19.0. The lowest BCUT2D eigenvalue weighted by molar-refractivity contribution is 0.597. The third kappa shape index (κ3) is 4.11. The number of aryl methyl sites for hydroxylation is 1. The largest absolute Gasteiger partial charge is 0.279 e. The van der Waals surface area contributed by atoms with Gasteiger partial charge in [0.05, 0.1) is 22.5 Å². The molecule has 0 atom stereocenters. The number of fused-ring (bicyclic) bond motifs is 1. The van der Waals surface area contributed by atoms with Crippen molar-refractivity contribution in [1.29, 1.82) is 0 Å². The highest BCUT2D eigenvalue weighted by molar-refractivity contribution is 7.89.